The second-order valence-corrected chi connectivity index (χ2v) is 7.83. The van der Waals surface area contributed by atoms with Crippen molar-refractivity contribution < 1.29 is 19.4 Å². The van der Waals surface area contributed by atoms with Gasteiger partial charge in [0.15, 0.2) is 0 Å². The molecule has 2 aliphatic rings. The summed E-state index contributed by atoms with van der Waals surface area (Å²) in [5.41, 5.74) is 0. The van der Waals surface area contributed by atoms with E-state index in [-0.39, 0.29) is 6.42 Å². The van der Waals surface area contributed by atoms with Crippen LogP contribution in [-0.2, 0) is 14.3 Å². The van der Waals surface area contributed by atoms with Gasteiger partial charge in [-0.05, 0) is 19.8 Å². The van der Waals surface area contributed by atoms with Gasteiger partial charge in [-0.3, -0.25) is 0 Å². The summed E-state index contributed by atoms with van der Waals surface area (Å²) in [6.45, 7) is 7.31. The Bertz CT molecular complexity index is 298. The van der Waals surface area contributed by atoms with Crippen LogP contribution < -0.4 is 5.11 Å². The molecule has 27 heavy (non-hydrogen) atoms. The van der Waals surface area contributed by atoms with E-state index in [2.05, 4.69) is 18.6 Å². The summed E-state index contributed by atoms with van der Waals surface area (Å²) in [7, 11) is 0. The van der Waals surface area contributed by atoms with E-state index in [1.165, 1.54) is 83.5 Å². The Labute approximate surface area is 168 Å². The first-order valence-electron chi connectivity index (χ1n) is 11.6. The van der Waals surface area contributed by atoms with Crippen molar-refractivity contribution in [1.82, 2.24) is 0 Å². The van der Waals surface area contributed by atoms with Gasteiger partial charge in [-0.2, -0.15) is 0 Å². The summed E-state index contributed by atoms with van der Waals surface area (Å²) >= 11 is 0. The Balaban J connectivity index is 0.000000783. The SMILES string of the molecule is C1CO1.CC1CO1.CCCCCCCCCCCCCCCCCC(=O)[O-]. The van der Waals surface area contributed by atoms with Gasteiger partial charge in [0.05, 0.1) is 25.9 Å². The molecule has 0 aromatic heterocycles. The maximum absolute atomic E-state index is 10.2. The van der Waals surface area contributed by atoms with Crippen LogP contribution in [0.2, 0.25) is 0 Å². The zero-order valence-corrected chi connectivity index (χ0v) is 18.1. The number of hydrogen-bond donors (Lipinski definition) is 0. The lowest BCUT2D eigenvalue weighted by Crippen LogP contribution is -2.21. The number of rotatable bonds is 16. The molecule has 0 aliphatic carbocycles. The molecule has 2 fully saturated rings. The number of carbonyl (C=O) groups excluding carboxylic acids is 1. The summed E-state index contributed by atoms with van der Waals surface area (Å²) in [5, 5.41) is 10.2. The second-order valence-electron chi connectivity index (χ2n) is 7.83. The van der Waals surface area contributed by atoms with Gasteiger partial charge in [0, 0.05) is 5.97 Å². The molecule has 0 amide bonds. The van der Waals surface area contributed by atoms with Gasteiger partial charge in [-0.15, -0.1) is 0 Å². The van der Waals surface area contributed by atoms with Crippen molar-refractivity contribution in [2.45, 2.75) is 123 Å². The van der Waals surface area contributed by atoms with E-state index >= 15 is 0 Å². The number of aliphatic carboxylic acids is 1. The number of unbranched alkanes of at least 4 members (excludes halogenated alkanes) is 14. The normalized spacial score (nSPS) is 16.6. The van der Waals surface area contributed by atoms with Crippen LogP contribution in [0.5, 0.6) is 0 Å². The predicted molar refractivity (Wildman–Crippen MR) is 111 cm³/mol. The zero-order valence-electron chi connectivity index (χ0n) is 18.1. The summed E-state index contributed by atoms with van der Waals surface area (Å²) in [6.07, 6.45) is 20.4. The Kier molecular flexibility index (Phi) is 21.2. The van der Waals surface area contributed by atoms with Crippen LogP contribution >= 0.6 is 0 Å². The fourth-order valence-electron chi connectivity index (χ4n) is 2.74. The molecule has 162 valence electrons. The average molecular weight is 386 g/mol. The maximum Gasteiger partial charge on any atom is 0.0781 e. The molecular weight excluding hydrogens is 340 g/mol. The molecule has 2 rings (SSSR count). The second kappa shape index (κ2) is 21.7. The average Bonchev–Trinajstić information content (AvgIpc) is 3.53. The minimum absolute atomic E-state index is 0.234. The van der Waals surface area contributed by atoms with Gasteiger partial charge in [-0.25, -0.2) is 0 Å². The van der Waals surface area contributed by atoms with Crippen molar-refractivity contribution >= 4 is 5.97 Å². The van der Waals surface area contributed by atoms with Crippen molar-refractivity contribution in [3.8, 4) is 0 Å². The first kappa shape index (κ1) is 26.4. The first-order valence-corrected chi connectivity index (χ1v) is 11.6. The van der Waals surface area contributed by atoms with Crippen molar-refractivity contribution in [1.29, 1.82) is 0 Å². The Morgan fingerprint density at radius 3 is 1.30 bits per heavy atom. The molecule has 0 aromatic carbocycles. The molecule has 4 heteroatoms. The summed E-state index contributed by atoms with van der Waals surface area (Å²) < 4.78 is 9.21. The highest BCUT2D eigenvalue weighted by molar-refractivity contribution is 5.63. The van der Waals surface area contributed by atoms with Gasteiger partial charge in [0.1, 0.15) is 0 Å². The molecule has 2 aliphatic heterocycles. The van der Waals surface area contributed by atoms with Crippen molar-refractivity contribution in [3.05, 3.63) is 0 Å². The number of carboxylic acids is 1. The smallest absolute Gasteiger partial charge is 0.0781 e. The van der Waals surface area contributed by atoms with Crippen LogP contribution in [0.1, 0.15) is 117 Å². The van der Waals surface area contributed by atoms with E-state index < -0.39 is 5.97 Å². The number of ether oxygens (including phenoxy) is 2. The van der Waals surface area contributed by atoms with E-state index in [1.807, 2.05) is 0 Å². The molecule has 1 atom stereocenters. The van der Waals surface area contributed by atoms with E-state index in [0.717, 1.165) is 32.7 Å². The highest BCUT2D eigenvalue weighted by Crippen LogP contribution is 2.13. The lowest BCUT2D eigenvalue weighted by atomic mass is 10.0. The van der Waals surface area contributed by atoms with Gasteiger partial charge in [0.25, 0.3) is 0 Å². The Morgan fingerprint density at radius 2 is 1.07 bits per heavy atom. The fraction of sp³-hybridized carbons (Fsp3) is 0.957. The van der Waals surface area contributed by atoms with Gasteiger partial charge < -0.3 is 19.4 Å². The summed E-state index contributed by atoms with van der Waals surface area (Å²) in [5.74, 6) is -0.903. The fourth-order valence-corrected chi connectivity index (χ4v) is 2.74. The van der Waals surface area contributed by atoms with E-state index in [9.17, 15) is 9.90 Å². The molecule has 4 nitrogen and oxygen atoms in total. The van der Waals surface area contributed by atoms with Gasteiger partial charge >= 0.3 is 0 Å². The highest BCUT2D eigenvalue weighted by atomic mass is 16.6. The standard InChI is InChI=1S/C18H36O2.C3H6O.C2H4O/c1-2-3-4-5-6-7-8-9-10-11-12-13-14-15-16-17-18(19)20;1-3-2-4-3;1-2-3-1/h2-17H2,1H3,(H,19,20);3H,2H2,1H3;1-2H2/p-1. The molecule has 2 saturated heterocycles. The number of epoxide rings is 2. The third-order valence-electron chi connectivity index (χ3n) is 4.69. The van der Waals surface area contributed by atoms with Crippen molar-refractivity contribution in [2.24, 2.45) is 0 Å². The Hall–Kier alpha value is -0.610. The number of hydrogen-bond acceptors (Lipinski definition) is 4. The van der Waals surface area contributed by atoms with Crippen LogP contribution in [0.15, 0.2) is 0 Å². The molecule has 0 N–H and O–H groups in total. The third-order valence-corrected chi connectivity index (χ3v) is 4.69. The molecular formula is C23H45O4-. The monoisotopic (exact) mass is 385 g/mol. The van der Waals surface area contributed by atoms with Gasteiger partial charge in [-0.1, -0.05) is 96.8 Å². The van der Waals surface area contributed by atoms with Gasteiger partial charge in [0.2, 0.25) is 0 Å². The molecule has 0 saturated carbocycles. The molecule has 0 spiro atoms. The van der Waals surface area contributed by atoms with Crippen LogP contribution in [0.4, 0.5) is 0 Å². The van der Waals surface area contributed by atoms with Crippen molar-refractivity contribution in [3.63, 3.8) is 0 Å². The van der Waals surface area contributed by atoms with E-state index in [4.69, 9.17) is 4.74 Å². The van der Waals surface area contributed by atoms with E-state index in [0.29, 0.717) is 6.10 Å². The van der Waals surface area contributed by atoms with E-state index in [1.54, 1.807) is 0 Å². The molecule has 0 bridgehead atoms. The lowest BCUT2D eigenvalue weighted by Gasteiger charge is -2.04. The number of carboxylic acid groups (broad SMARTS) is 1. The van der Waals surface area contributed by atoms with Crippen LogP contribution in [-0.4, -0.2) is 31.9 Å². The summed E-state index contributed by atoms with van der Waals surface area (Å²) in [4.78, 5) is 10.2. The first-order chi connectivity index (χ1) is 13.2. The van der Waals surface area contributed by atoms with Crippen molar-refractivity contribution in [2.75, 3.05) is 19.8 Å². The Morgan fingerprint density at radius 1 is 0.778 bits per heavy atom. The molecule has 0 aromatic rings. The summed E-state index contributed by atoms with van der Waals surface area (Å²) in [6, 6.07) is 0. The molecule has 2 heterocycles. The lowest BCUT2D eigenvalue weighted by molar-refractivity contribution is -0.305. The molecule has 0 radical (unpaired) electrons. The van der Waals surface area contributed by atoms with Crippen LogP contribution in [0.25, 0.3) is 0 Å². The largest absolute Gasteiger partial charge is 0.550 e. The minimum Gasteiger partial charge on any atom is -0.550 e. The molecule has 1 unspecified atom stereocenters. The number of carbonyl (C=O) groups is 1. The third kappa shape index (κ3) is 33.4. The highest BCUT2D eigenvalue weighted by Gasteiger charge is 2.13. The van der Waals surface area contributed by atoms with Crippen LogP contribution in [0, 0.1) is 0 Å². The predicted octanol–water partition coefficient (Wildman–Crippen LogP) is 5.42. The topological polar surface area (TPSA) is 65.2 Å². The zero-order chi connectivity index (χ0) is 20.0. The maximum atomic E-state index is 10.2. The van der Waals surface area contributed by atoms with Crippen LogP contribution in [0.3, 0.4) is 0 Å². The quantitative estimate of drug-likeness (QED) is 0.263. The minimum atomic E-state index is -0.903.